The Kier molecular flexibility index (Phi) is 3.91. The van der Waals surface area contributed by atoms with Gasteiger partial charge in [-0.05, 0) is 42.6 Å². The summed E-state index contributed by atoms with van der Waals surface area (Å²) in [5.74, 6) is 0.568. The first-order valence-electron chi connectivity index (χ1n) is 4.79. The first kappa shape index (κ1) is 12.1. The highest BCUT2D eigenvalue weighted by Crippen LogP contribution is 2.22. The normalized spacial score (nSPS) is 9.44. The standard InChI is InChI=1S/C11H13N3O2/c1-7-5-11(16-3)8(2)4-9(7)10(15)6-13-14-12/h4-5H,6H2,1-3H3. The van der Waals surface area contributed by atoms with Crippen LogP contribution in [0.2, 0.25) is 0 Å². The first-order valence-corrected chi connectivity index (χ1v) is 4.79. The van der Waals surface area contributed by atoms with Gasteiger partial charge in [-0.1, -0.05) is 5.11 Å². The molecule has 0 aliphatic heterocycles. The molecule has 0 aliphatic rings. The van der Waals surface area contributed by atoms with Gasteiger partial charge < -0.3 is 4.74 Å². The summed E-state index contributed by atoms with van der Waals surface area (Å²) < 4.78 is 5.15. The van der Waals surface area contributed by atoms with Crippen LogP contribution in [-0.4, -0.2) is 19.4 Å². The van der Waals surface area contributed by atoms with Crippen LogP contribution in [0.5, 0.6) is 5.75 Å². The van der Waals surface area contributed by atoms with Crippen molar-refractivity contribution in [3.8, 4) is 5.75 Å². The van der Waals surface area contributed by atoms with E-state index in [-0.39, 0.29) is 12.3 Å². The molecular weight excluding hydrogens is 206 g/mol. The Morgan fingerprint density at radius 2 is 2.12 bits per heavy atom. The van der Waals surface area contributed by atoms with Gasteiger partial charge in [0.1, 0.15) is 5.75 Å². The summed E-state index contributed by atoms with van der Waals surface area (Å²) in [6.45, 7) is 3.54. The fraction of sp³-hybridized carbons (Fsp3) is 0.364. The van der Waals surface area contributed by atoms with Crippen LogP contribution in [0.15, 0.2) is 17.2 Å². The number of hydrogen-bond donors (Lipinski definition) is 0. The Balaban J connectivity index is 3.10. The van der Waals surface area contributed by atoms with E-state index in [1.165, 1.54) is 0 Å². The highest BCUT2D eigenvalue weighted by Gasteiger charge is 2.11. The Hall–Kier alpha value is -2.00. The molecule has 84 valence electrons. The summed E-state index contributed by atoms with van der Waals surface area (Å²) >= 11 is 0. The minimum Gasteiger partial charge on any atom is -0.496 e. The first-order chi connectivity index (χ1) is 7.60. The highest BCUT2D eigenvalue weighted by atomic mass is 16.5. The number of ether oxygens (including phenoxy) is 1. The van der Waals surface area contributed by atoms with Crippen molar-refractivity contribution in [1.29, 1.82) is 0 Å². The Bertz CT molecular complexity index is 463. The number of ketones is 1. The molecule has 0 heterocycles. The maximum absolute atomic E-state index is 11.7. The number of hydrogen-bond acceptors (Lipinski definition) is 3. The number of rotatable bonds is 4. The summed E-state index contributed by atoms with van der Waals surface area (Å²) in [5.41, 5.74) is 10.4. The number of Topliss-reactive ketones (excluding diaryl/α,β-unsaturated/α-hetero) is 1. The third kappa shape index (κ3) is 2.52. The van der Waals surface area contributed by atoms with Crippen molar-refractivity contribution >= 4 is 5.78 Å². The van der Waals surface area contributed by atoms with Gasteiger partial charge in [-0.2, -0.15) is 0 Å². The average Bonchev–Trinajstić information content (AvgIpc) is 2.28. The molecule has 0 aromatic heterocycles. The van der Waals surface area contributed by atoms with Crippen molar-refractivity contribution in [2.75, 3.05) is 13.7 Å². The second kappa shape index (κ2) is 5.19. The topological polar surface area (TPSA) is 75.1 Å². The number of nitrogens with zero attached hydrogens (tertiary/aromatic N) is 3. The monoisotopic (exact) mass is 219 g/mol. The molecule has 0 unspecified atom stereocenters. The molecule has 0 bridgehead atoms. The molecule has 0 spiro atoms. The van der Waals surface area contributed by atoms with E-state index in [0.717, 1.165) is 16.9 Å². The third-order valence-corrected chi connectivity index (χ3v) is 2.32. The Morgan fingerprint density at radius 3 is 2.69 bits per heavy atom. The van der Waals surface area contributed by atoms with Crippen LogP contribution < -0.4 is 4.74 Å². The van der Waals surface area contributed by atoms with E-state index in [9.17, 15) is 4.79 Å². The molecule has 0 amide bonds. The largest absolute Gasteiger partial charge is 0.496 e. The van der Waals surface area contributed by atoms with Gasteiger partial charge in [0.25, 0.3) is 0 Å². The van der Waals surface area contributed by atoms with Crippen molar-refractivity contribution in [3.05, 3.63) is 39.3 Å². The minimum absolute atomic E-state index is 0.150. The number of benzene rings is 1. The van der Waals surface area contributed by atoms with Gasteiger partial charge in [0.2, 0.25) is 0 Å². The van der Waals surface area contributed by atoms with E-state index in [1.807, 2.05) is 13.8 Å². The summed E-state index contributed by atoms with van der Waals surface area (Å²) in [5, 5.41) is 3.26. The van der Waals surface area contributed by atoms with Crippen LogP contribution in [0.4, 0.5) is 0 Å². The molecule has 0 radical (unpaired) electrons. The smallest absolute Gasteiger partial charge is 0.168 e. The molecule has 0 atom stereocenters. The SMILES string of the molecule is COc1cc(C)c(C(=O)CN=[N+]=[N-])cc1C. The molecule has 1 aromatic carbocycles. The molecule has 16 heavy (non-hydrogen) atoms. The lowest BCUT2D eigenvalue weighted by molar-refractivity contribution is 0.100. The van der Waals surface area contributed by atoms with Crippen LogP contribution in [0.3, 0.4) is 0 Å². The van der Waals surface area contributed by atoms with Crippen LogP contribution in [0, 0.1) is 13.8 Å². The van der Waals surface area contributed by atoms with E-state index in [4.69, 9.17) is 10.3 Å². The highest BCUT2D eigenvalue weighted by molar-refractivity contribution is 5.99. The number of carbonyl (C=O) groups excluding carboxylic acids is 1. The minimum atomic E-state index is -0.180. The number of carbonyl (C=O) groups is 1. The van der Waals surface area contributed by atoms with Gasteiger partial charge in [0.15, 0.2) is 5.78 Å². The van der Waals surface area contributed by atoms with E-state index in [0.29, 0.717) is 5.56 Å². The molecule has 5 nitrogen and oxygen atoms in total. The molecule has 0 N–H and O–H groups in total. The van der Waals surface area contributed by atoms with Gasteiger partial charge >= 0.3 is 0 Å². The van der Waals surface area contributed by atoms with E-state index in [2.05, 4.69) is 10.0 Å². The lowest BCUT2D eigenvalue weighted by Crippen LogP contribution is -2.06. The summed E-state index contributed by atoms with van der Waals surface area (Å²) in [6, 6.07) is 3.56. The van der Waals surface area contributed by atoms with Crippen molar-refractivity contribution < 1.29 is 9.53 Å². The number of azide groups is 1. The predicted octanol–water partition coefficient (Wildman–Crippen LogP) is 2.81. The molecule has 0 aliphatic carbocycles. The maximum atomic E-state index is 11.7. The number of aryl methyl sites for hydroxylation is 2. The summed E-state index contributed by atoms with van der Waals surface area (Å²) in [6.07, 6.45) is 0. The van der Waals surface area contributed by atoms with E-state index >= 15 is 0 Å². The van der Waals surface area contributed by atoms with Crippen LogP contribution in [0.25, 0.3) is 10.4 Å². The maximum Gasteiger partial charge on any atom is 0.168 e. The van der Waals surface area contributed by atoms with Crippen molar-refractivity contribution in [2.24, 2.45) is 5.11 Å². The lowest BCUT2D eigenvalue weighted by atomic mass is 10.0. The quantitative estimate of drug-likeness (QED) is 0.338. The van der Waals surface area contributed by atoms with Gasteiger partial charge in [-0.25, -0.2) is 0 Å². The molecule has 0 saturated carbocycles. The zero-order valence-corrected chi connectivity index (χ0v) is 9.52. The van der Waals surface area contributed by atoms with Gasteiger partial charge in [0, 0.05) is 10.5 Å². The fourth-order valence-electron chi connectivity index (χ4n) is 1.49. The lowest BCUT2D eigenvalue weighted by Gasteiger charge is -2.09. The van der Waals surface area contributed by atoms with Crippen LogP contribution in [0.1, 0.15) is 21.5 Å². The molecule has 1 rings (SSSR count). The second-order valence-corrected chi connectivity index (χ2v) is 3.45. The van der Waals surface area contributed by atoms with Gasteiger partial charge in [0.05, 0.1) is 13.7 Å². The Morgan fingerprint density at radius 1 is 1.44 bits per heavy atom. The zero-order chi connectivity index (χ0) is 12.1. The fourth-order valence-corrected chi connectivity index (χ4v) is 1.49. The van der Waals surface area contributed by atoms with Gasteiger partial charge in [-0.3, -0.25) is 4.79 Å². The zero-order valence-electron chi connectivity index (χ0n) is 9.52. The van der Waals surface area contributed by atoms with Crippen LogP contribution >= 0.6 is 0 Å². The predicted molar refractivity (Wildman–Crippen MR) is 60.8 cm³/mol. The number of methoxy groups -OCH3 is 1. The Labute approximate surface area is 93.7 Å². The summed E-state index contributed by atoms with van der Waals surface area (Å²) in [4.78, 5) is 14.2. The van der Waals surface area contributed by atoms with Crippen molar-refractivity contribution in [2.45, 2.75) is 13.8 Å². The summed E-state index contributed by atoms with van der Waals surface area (Å²) in [7, 11) is 1.59. The van der Waals surface area contributed by atoms with Crippen molar-refractivity contribution in [1.82, 2.24) is 0 Å². The van der Waals surface area contributed by atoms with E-state index in [1.54, 1.807) is 19.2 Å². The molecule has 5 heteroatoms. The van der Waals surface area contributed by atoms with Gasteiger partial charge in [-0.15, -0.1) is 0 Å². The molecular formula is C11H13N3O2. The third-order valence-electron chi connectivity index (χ3n) is 2.32. The van der Waals surface area contributed by atoms with Crippen LogP contribution in [-0.2, 0) is 0 Å². The second-order valence-electron chi connectivity index (χ2n) is 3.45. The van der Waals surface area contributed by atoms with Crippen molar-refractivity contribution in [3.63, 3.8) is 0 Å². The molecule has 0 fully saturated rings. The average molecular weight is 219 g/mol. The molecule has 0 saturated heterocycles. The molecule has 1 aromatic rings. The van der Waals surface area contributed by atoms with E-state index < -0.39 is 0 Å².